The van der Waals surface area contributed by atoms with Crippen molar-refractivity contribution in [2.75, 3.05) is 16.8 Å². The van der Waals surface area contributed by atoms with Crippen molar-refractivity contribution in [3.05, 3.63) is 89.7 Å². The summed E-state index contributed by atoms with van der Waals surface area (Å²) in [5, 5.41) is 2.82. The third kappa shape index (κ3) is 4.39. The van der Waals surface area contributed by atoms with Gasteiger partial charge in [0.15, 0.2) is 0 Å². The Bertz CT molecular complexity index is 937. The fourth-order valence-electron chi connectivity index (χ4n) is 2.73. The van der Waals surface area contributed by atoms with E-state index in [-0.39, 0.29) is 11.8 Å². The van der Waals surface area contributed by atoms with Crippen LogP contribution in [0.2, 0.25) is 0 Å². The predicted molar refractivity (Wildman–Crippen MR) is 107 cm³/mol. The number of para-hydroxylation sites is 1. The van der Waals surface area contributed by atoms with Gasteiger partial charge in [-0.15, -0.1) is 0 Å². The minimum absolute atomic E-state index is 0.193. The van der Waals surface area contributed by atoms with Crippen LogP contribution in [-0.4, -0.2) is 23.3 Å². The fourth-order valence-corrected chi connectivity index (χ4v) is 2.73. The Morgan fingerprint density at radius 1 is 0.963 bits per heavy atom. The molecule has 1 aromatic heterocycles. The maximum absolute atomic E-state index is 12.9. The molecule has 2 amide bonds. The molecule has 0 fully saturated rings. The highest BCUT2D eigenvalue weighted by Gasteiger charge is 2.18. The van der Waals surface area contributed by atoms with E-state index in [0.717, 1.165) is 11.3 Å². The van der Waals surface area contributed by atoms with Crippen LogP contribution >= 0.6 is 0 Å². The fraction of sp³-hybridized carbons (Fsp3) is 0.136. The lowest BCUT2D eigenvalue weighted by Crippen LogP contribution is -2.31. The smallest absolute Gasteiger partial charge is 0.259 e. The van der Waals surface area contributed by atoms with Crippen molar-refractivity contribution in [3.8, 4) is 0 Å². The van der Waals surface area contributed by atoms with Crippen LogP contribution in [-0.2, 0) is 0 Å². The van der Waals surface area contributed by atoms with E-state index in [9.17, 15) is 9.59 Å². The van der Waals surface area contributed by atoms with Gasteiger partial charge in [0, 0.05) is 30.3 Å². The first-order valence-corrected chi connectivity index (χ1v) is 8.78. The highest BCUT2D eigenvalue weighted by Crippen LogP contribution is 2.17. The Morgan fingerprint density at radius 3 is 2.30 bits per heavy atom. The first-order valence-electron chi connectivity index (χ1n) is 8.78. The van der Waals surface area contributed by atoms with E-state index in [4.69, 9.17) is 0 Å². The van der Waals surface area contributed by atoms with Crippen molar-refractivity contribution < 1.29 is 9.59 Å². The highest BCUT2D eigenvalue weighted by atomic mass is 16.2. The number of hydrogen-bond acceptors (Lipinski definition) is 3. The van der Waals surface area contributed by atoms with Crippen molar-refractivity contribution in [3.63, 3.8) is 0 Å². The Hall–Kier alpha value is -3.47. The maximum atomic E-state index is 12.9. The van der Waals surface area contributed by atoms with Crippen LogP contribution in [0.5, 0.6) is 0 Å². The maximum Gasteiger partial charge on any atom is 0.259 e. The Kier molecular flexibility index (Phi) is 5.61. The number of aryl methyl sites for hydroxylation is 1. The zero-order valence-electron chi connectivity index (χ0n) is 15.3. The number of hydrogen-bond donors (Lipinski definition) is 1. The van der Waals surface area contributed by atoms with E-state index in [1.54, 1.807) is 11.0 Å². The van der Waals surface area contributed by atoms with E-state index < -0.39 is 0 Å². The average Bonchev–Trinajstić information content (AvgIpc) is 2.71. The zero-order valence-corrected chi connectivity index (χ0v) is 15.3. The molecule has 27 heavy (non-hydrogen) atoms. The first kappa shape index (κ1) is 18.3. The van der Waals surface area contributed by atoms with Crippen molar-refractivity contribution in [1.29, 1.82) is 0 Å². The number of benzene rings is 2. The molecule has 1 heterocycles. The summed E-state index contributed by atoms with van der Waals surface area (Å²) in [5.41, 5.74) is 3.33. The molecule has 2 aromatic carbocycles. The van der Waals surface area contributed by atoms with Crippen molar-refractivity contribution in [1.82, 2.24) is 4.98 Å². The number of rotatable bonds is 5. The van der Waals surface area contributed by atoms with E-state index in [0.29, 0.717) is 23.4 Å². The molecule has 136 valence electrons. The van der Waals surface area contributed by atoms with E-state index in [2.05, 4.69) is 10.3 Å². The third-order valence-electron chi connectivity index (χ3n) is 4.19. The van der Waals surface area contributed by atoms with Gasteiger partial charge in [-0.1, -0.05) is 35.9 Å². The summed E-state index contributed by atoms with van der Waals surface area (Å²) in [6, 6.07) is 18.5. The van der Waals surface area contributed by atoms with Gasteiger partial charge >= 0.3 is 0 Å². The number of carbonyl (C=O) groups is 2. The summed E-state index contributed by atoms with van der Waals surface area (Å²) in [6.07, 6.45) is 2.94. The standard InChI is InChI=1S/C22H21N3O2/c1-3-25(20-7-5-4-6-8-20)22(27)18-13-17(14-23-15-18)21(26)24-19-11-9-16(2)10-12-19/h4-15H,3H2,1-2H3,(H,24,26). The second-order valence-electron chi connectivity index (χ2n) is 6.17. The molecule has 5 nitrogen and oxygen atoms in total. The summed E-state index contributed by atoms with van der Waals surface area (Å²) in [5.74, 6) is -0.495. The van der Waals surface area contributed by atoms with Gasteiger partial charge in [-0.05, 0) is 44.2 Å². The summed E-state index contributed by atoms with van der Waals surface area (Å²) >= 11 is 0. The van der Waals surface area contributed by atoms with Gasteiger partial charge in [-0.2, -0.15) is 0 Å². The molecular weight excluding hydrogens is 338 g/mol. The molecule has 1 N–H and O–H groups in total. The largest absolute Gasteiger partial charge is 0.322 e. The van der Waals surface area contributed by atoms with Gasteiger partial charge in [0.25, 0.3) is 11.8 Å². The SMILES string of the molecule is CCN(C(=O)c1cncc(C(=O)Nc2ccc(C)cc2)c1)c1ccccc1. The van der Waals surface area contributed by atoms with Gasteiger partial charge in [0.2, 0.25) is 0 Å². The van der Waals surface area contributed by atoms with Crippen molar-refractivity contribution >= 4 is 23.2 Å². The number of amides is 2. The van der Waals surface area contributed by atoms with Gasteiger partial charge < -0.3 is 10.2 Å². The molecule has 3 aromatic rings. The van der Waals surface area contributed by atoms with E-state index in [1.165, 1.54) is 12.4 Å². The van der Waals surface area contributed by atoms with Crippen LogP contribution < -0.4 is 10.2 Å². The van der Waals surface area contributed by atoms with E-state index in [1.807, 2.05) is 68.4 Å². The van der Waals surface area contributed by atoms with Crippen LogP contribution in [0.3, 0.4) is 0 Å². The Balaban J connectivity index is 1.81. The monoisotopic (exact) mass is 359 g/mol. The molecule has 0 saturated carbocycles. The second-order valence-corrected chi connectivity index (χ2v) is 6.17. The molecule has 0 unspecified atom stereocenters. The summed E-state index contributed by atoms with van der Waals surface area (Å²) in [6.45, 7) is 4.41. The zero-order chi connectivity index (χ0) is 19.2. The van der Waals surface area contributed by atoms with Gasteiger partial charge in [-0.25, -0.2) is 0 Å². The average molecular weight is 359 g/mol. The molecule has 0 saturated heterocycles. The molecule has 0 aliphatic heterocycles. The molecule has 3 rings (SSSR count). The molecule has 0 radical (unpaired) electrons. The quantitative estimate of drug-likeness (QED) is 0.738. The van der Waals surface area contributed by atoms with Gasteiger partial charge in [0.05, 0.1) is 11.1 Å². The topological polar surface area (TPSA) is 62.3 Å². The number of pyridine rings is 1. The second kappa shape index (κ2) is 8.27. The highest BCUT2D eigenvalue weighted by molar-refractivity contribution is 6.09. The summed E-state index contributed by atoms with van der Waals surface area (Å²) in [7, 11) is 0. The van der Waals surface area contributed by atoms with Crippen LogP contribution in [0.1, 0.15) is 33.2 Å². The summed E-state index contributed by atoms with van der Waals surface area (Å²) in [4.78, 5) is 31.1. The van der Waals surface area contributed by atoms with E-state index >= 15 is 0 Å². The third-order valence-corrected chi connectivity index (χ3v) is 4.19. The Labute approximate surface area is 158 Å². The molecular formula is C22H21N3O2. The first-order chi connectivity index (χ1) is 13.1. The lowest BCUT2D eigenvalue weighted by Gasteiger charge is -2.21. The van der Waals surface area contributed by atoms with Gasteiger partial charge in [-0.3, -0.25) is 14.6 Å². The van der Waals surface area contributed by atoms with Crippen LogP contribution in [0, 0.1) is 6.92 Å². The minimum atomic E-state index is -0.302. The molecule has 0 atom stereocenters. The minimum Gasteiger partial charge on any atom is -0.322 e. The molecule has 0 aliphatic rings. The van der Waals surface area contributed by atoms with Crippen LogP contribution in [0.25, 0.3) is 0 Å². The number of anilines is 2. The Morgan fingerprint density at radius 2 is 1.63 bits per heavy atom. The van der Waals surface area contributed by atoms with Gasteiger partial charge in [0.1, 0.15) is 0 Å². The number of aromatic nitrogens is 1. The van der Waals surface area contributed by atoms with Crippen molar-refractivity contribution in [2.24, 2.45) is 0 Å². The number of carbonyl (C=O) groups excluding carboxylic acids is 2. The molecule has 0 aliphatic carbocycles. The lowest BCUT2D eigenvalue weighted by molar-refractivity contribution is 0.0988. The predicted octanol–water partition coefficient (Wildman–Crippen LogP) is 4.31. The molecule has 0 spiro atoms. The lowest BCUT2D eigenvalue weighted by atomic mass is 10.1. The van der Waals surface area contributed by atoms with Crippen molar-refractivity contribution in [2.45, 2.75) is 13.8 Å². The molecule has 5 heteroatoms. The number of nitrogens with one attached hydrogen (secondary N) is 1. The van der Waals surface area contributed by atoms with Crippen LogP contribution in [0.15, 0.2) is 73.1 Å². The van der Waals surface area contributed by atoms with Crippen LogP contribution in [0.4, 0.5) is 11.4 Å². The number of nitrogens with zero attached hydrogens (tertiary/aromatic N) is 2. The summed E-state index contributed by atoms with van der Waals surface area (Å²) < 4.78 is 0. The molecule has 0 bridgehead atoms. The normalized spacial score (nSPS) is 10.3.